The van der Waals surface area contributed by atoms with Crippen LogP contribution in [0.25, 0.3) is 15.9 Å². The largest absolute Gasteiger partial charge is 0.493 e. The number of hydrogen-bond donors (Lipinski definition) is 1. The Morgan fingerprint density at radius 2 is 1.79 bits per heavy atom. The topological polar surface area (TPSA) is 83.3 Å². The molecule has 1 aromatic carbocycles. The summed E-state index contributed by atoms with van der Waals surface area (Å²) in [6.07, 6.45) is 3.58. The molecule has 0 fully saturated rings. The summed E-state index contributed by atoms with van der Waals surface area (Å²) in [5.74, 6) is 3.81. The number of imidazole rings is 1. The SMILES string of the molecule is COc1cc(-n2cnc(Nc3nc(C)nc4sccc34)c2)cc(OC)c1OC. The maximum atomic E-state index is 5.43. The van der Waals surface area contributed by atoms with Crippen LogP contribution in [0.2, 0.25) is 0 Å². The summed E-state index contributed by atoms with van der Waals surface area (Å²) in [7, 11) is 4.76. The Hall–Kier alpha value is -3.33. The monoisotopic (exact) mass is 397 g/mol. The van der Waals surface area contributed by atoms with E-state index in [0.717, 1.165) is 21.7 Å². The molecule has 0 saturated heterocycles. The molecule has 144 valence electrons. The van der Waals surface area contributed by atoms with Crippen LogP contribution in [-0.4, -0.2) is 40.8 Å². The maximum Gasteiger partial charge on any atom is 0.203 e. The van der Waals surface area contributed by atoms with Crippen LogP contribution in [0, 0.1) is 6.92 Å². The van der Waals surface area contributed by atoms with E-state index in [-0.39, 0.29) is 0 Å². The molecule has 0 amide bonds. The van der Waals surface area contributed by atoms with Gasteiger partial charge >= 0.3 is 0 Å². The lowest BCUT2D eigenvalue weighted by molar-refractivity contribution is 0.324. The number of hydrogen-bond acceptors (Lipinski definition) is 8. The van der Waals surface area contributed by atoms with Crippen LogP contribution in [0.4, 0.5) is 11.6 Å². The van der Waals surface area contributed by atoms with E-state index in [1.165, 1.54) is 0 Å². The Balaban J connectivity index is 1.69. The van der Waals surface area contributed by atoms with Gasteiger partial charge in [-0.3, -0.25) is 0 Å². The molecule has 0 radical (unpaired) electrons. The zero-order valence-corrected chi connectivity index (χ0v) is 16.7. The number of thiophene rings is 1. The van der Waals surface area contributed by atoms with Crippen LogP contribution in [0.15, 0.2) is 36.1 Å². The highest BCUT2D eigenvalue weighted by atomic mass is 32.1. The number of nitrogens with zero attached hydrogens (tertiary/aromatic N) is 4. The first-order chi connectivity index (χ1) is 13.6. The molecule has 0 aliphatic rings. The molecule has 3 aromatic heterocycles. The van der Waals surface area contributed by atoms with Gasteiger partial charge in [-0.15, -0.1) is 11.3 Å². The van der Waals surface area contributed by atoms with Gasteiger partial charge in [0.2, 0.25) is 5.75 Å². The van der Waals surface area contributed by atoms with E-state index in [0.29, 0.717) is 28.9 Å². The summed E-state index contributed by atoms with van der Waals surface area (Å²) in [6, 6.07) is 5.72. The zero-order valence-electron chi connectivity index (χ0n) is 15.9. The first-order valence-corrected chi connectivity index (χ1v) is 9.34. The number of rotatable bonds is 6. The summed E-state index contributed by atoms with van der Waals surface area (Å²) < 4.78 is 18.1. The number of aryl methyl sites for hydroxylation is 1. The van der Waals surface area contributed by atoms with E-state index in [1.807, 2.05) is 41.3 Å². The molecular weight excluding hydrogens is 378 g/mol. The van der Waals surface area contributed by atoms with E-state index in [2.05, 4.69) is 20.3 Å². The predicted octanol–water partition coefficient (Wildman–Crippen LogP) is 3.95. The van der Waals surface area contributed by atoms with Crippen molar-refractivity contribution in [3.8, 4) is 22.9 Å². The third-order valence-corrected chi connectivity index (χ3v) is 5.02. The molecule has 0 aliphatic heterocycles. The van der Waals surface area contributed by atoms with E-state index in [4.69, 9.17) is 14.2 Å². The lowest BCUT2D eigenvalue weighted by Crippen LogP contribution is -1.99. The second-order valence-corrected chi connectivity index (χ2v) is 6.83. The van der Waals surface area contributed by atoms with Crippen LogP contribution < -0.4 is 19.5 Å². The Kier molecular flexibility index (Phi) is 4.74. The fraction of sp³-hybridized carbons (Fsp3) is 0.211. The second-order valence-electron chi connectivity index (χ2n) is 5.93. The molecule has 1 N–H and O–H groups in total. The fourth-order valence-corrected chi connectivity index (χ4v) is 3.73. The quantitative estimate of drug-likeness (QED) is 0.527. The van der Waals surface area contributed by atoms with Crippen molar-refractivity contribution >= 4 is 33.2 Å². The van der Waals surface area contributed by atoms with Gasteiger partial charge in [-0.05, 0) is 18.4 Å². The van der Waals surface area contributed by atoms with Crippen molar-refractivity contribution in [2.75, 3.05) is 26.6 Å². The highest BCUT2D eigenvalue weighted by molar-refractivity contribution is 7.16. The van der Waals surface area contributed by atoms with Gasteiger partial charge in [-0.25, -0.2) is 15.0 Å². The summed E-state index contributed by atoms with van der Waals surface area (Å²) in [5, 5.41) is 6.25. The standard InChI is InChI=1S/C19H19N5O3S/c1-11-21-18(13-5-6-28-19(13)22-11)23-16-9-24(10-20-16)12-7-14(25-2)17(27-4)15(8-12)26-3/h5-10H,1-4H3,(H,21,22,23). The van der Waals surface area contributed by atoms with Gasteiger partial charge in [-0.2, -0.15) is 0 Å². The molecule has 4 aromatic rings. The smallest absolute Gasteiger partial charge is 0.203 e. The number of benzene rings is 1. The van der Waals surface area contributed by atoms with Gasteiger partial charge < -0.3 is 24.1 Å². The minimum Gasteiger partial charge on any atom is -0.493 e. The molecule has 0 atom stereocenters. The first kappa shape index (κ1) is 18.1. The highest BCUT2D eigenvalue weighted by Crippen LogP contribution is 2.39. The average Bonchev–Trinajstić information content (AvgIpc) is 3.36. The normalized spacial score (nSPS) is 10.9. The zero-order chi connectivity index (χ0) is 19.7. The minimum atomic E-state index is 0.545. The van der Waals surface area contributed by atoms with Crippen molar-refractivity contribution in [2.24, 2.45) is 0 Å². The summed E-state index contributed by atoms with van der Waals surface area (Å²) in [4.78, 5) is 14.3. The predicted molar refractivity (Wildman–Crippen MR) is 109 cm³/mol. The summed E-state index contributed by atoms with van der Waals surface area (Å²) in [5.41, 5.74) is 0.828. The molecule has 0 unspecified atom stereocenters. The van der Waals surface area contributed by atoms with Gasteiger partial charge in [0.15, 0.2) is 11.5 Å². The van der Waals surface area contributed by atoms with Crippen LogP contribution in [0.5, 0.6) is 17.2 Å². The van der Waals surface area contributed by atoms with Crippen LogP contribution >= 0.6 is 11.3 Å². The summed E-state index contributed by atoms with van der Waals surface area (Å²) in [6.45, 7) is 1.87. The van der Waals surface area contributed by atoms with Crippen molar-refractivity contribution in [1.82, 2.24) is 19.5 Å². The average molecular weight is 397 g/mol. The summed E-state index contributed by atoms with van der Waals surface area (Å²) >= 11 is 1.58. The molecule has 0 bridgehead atoms. The molecule has 0 spiro atoms. The third kappa shape index (κ3) is 3.20. The Labute approximate surface area is 165 Å². The van der Waals surface area contributed by atoms with Crippen LogP contribution in [0.3, 0.4) is 0 Å². The Bertz CT molecular complexity index is 1110. The van der Waals surface area contributed by atoms with Crippen molar-refractivity contribution in [3.63, 3.8) is 0 Å². The number of methoxy groups -OCH3 is 3. The molecule has 4 rings (SSSR count). The molecule has 0 aliphatic carbocycles. The number of aromatic nitrogens is 4. The van der Waals surface area contributed by atoms with Crippen molar-refractivity contribution in [3.05, 3.63) is 41.9 Å². The number of fused-ring (bicyclic) bond motifs is 1. The van der Waals surface area contributed by atoms with Crippen molar-refractivity contribution < 1.29 is 14.2 Å². The van der Waals surface area contributed by atoms with Gasteiger partial charge in [-0.1, -0.05) is 0 Å². The van der Waals surface area contributed by atoms with Gasteiger partial charge in [0.05, 0.1) is 38.6 Å². The third-order valence-electron chi connectivity index (χ3n) is 4.21. The maximum absolute atomic E-state index is 5.43. The molecule has 0 saturated carbocycles. The first-order valence-electron chi connectivity index (χ1n) is 8.46. The number of nitrogens with one attached hydrogen (secondary N) is 1. The molecule has 28 heavy (non-hydrogen) atoms. The fourth-order valence-electron chi connectivity index (χ4n) is 2.92. The van der Waals surface area contributed by atoms with Gasteiger partial charge in [0.1, 0.15) is 28.6 Å². The molecular formula is C19H19N5O3S. The Morgan fingerprint density at radius 3 is 2.46 bits per heavy atom. The lowest BCUT2D eigenvalue weighted by atomic mass is 10.2. The lowest BCUT2D eigenvalue weighted by Gasteiger charge is -2.14. The van der Waals surface area contributed by atoms with E-state index in [9.17, 15) is 0 Å². The van der Waals surface area contributed by atoms with E-state index >= 15 is 0 Å². The molecule has 9 heteroatoms. The van der Waals surface area contributed by atoms with Gasteiger partial charge in [0, 0.05) is 12.1 Å². The van der Waals surface area contributed by atoms with Crippen LogP contribution in [-0.2, 0) is 0 Å². The highest BCUT2D eigenvalue weighted by Gasteiger charge is 2.15. The van der Waals surface area contributed by atoms with E-state index in [1.54, 1.807) is 39.0 Å². The molecule has 8 nitrogen and oxygen atoms in total. The van der Waals surface area contributed by atoms with Crippen LogP contribution in [0.1, 0.15) is 5.82 Å². The minimum absolute atomic E-state index is 0.545. The van der Waals surface area contributed by atoms with E-state index < -0.39 is 0 Å². The Morgan fingerprint density at radius 1 is 1.04 bits per heavy atom. The second kappa shape index (κ2) is 7.35. The van der Waals surface area contributed by atoms with Crippen molar-refractivity contribution in [2.45, 2.75) is 6.92 Å². The molecule has 3 heterocycles. The van der Waals surface area contributed by atoms with Crippen molar-refractivity contribution in [1.29, 1.82) is 0 Å². The number of anilines is 2. The number of ether oxygens (including phenoxy) is 3. The van der Waals surface area contributed by atoms with Gasteiger partial charge in [0.25, 0.3) is 0 Å².